The van der Waals surface area contributed by atoms with Crippen molar-refractivity contribution in [2.45, 2.75) is 78.6 Å². The van der Waals surface area contributed by atoms with Crippen LogP contribution in [0, 0.1) is 11.8 Å². The van der Waals surface area contributed by atoms with Gasteiger partial charge in [0.25, 0.3) is 0 Å². The lowest BCUT2D eigenvalue weighted by Crippen LogP contribution is -2.44. The number of nitrogens with one attached hydrogen (secondary N) is 1. The van der Waals surface area contributed by atoms with Gasteiger partial charge < -0.3 is 19.5 Å². The largest absolute Gasteiger partial charge is 0.444 e. The Morgan fingerprint density at radius 2 is 2.00 bits per heavy atom. The van der Waals surface area contributed by atoms with Gasteiger partial charge in [0.2, 0.25) is 0 Å². The average molecular weight is 329 g/mol. The number of carbonyl (C=O) groups excluding carboxylic acids is 1. The zero-order valence-corrected chi connectivity index (χ0v) is 15.7. The van der Waals surface area contributed by atoms with Gasteiger partial charge in [-0.3, -0.25) is 0 Å². The zero-order chi connectivity index (χ0) is 17.5. The van der Waals surface area contributed by atoms with Crippen molar-refractivity contribution in [3.63, 3.8) is 0 Å². The van der Waals surface area contributed by atoms with Crippen LogP contribution in [0.4, 0.5) is 4.79 Å². The van der Waals surface area contributed by atoms with E-state index in [1.807, 2.05) is 20.8 Å². The predicted molar refractivity (Wildman–Crippen MR) is 91.6 cm³/mol. The smallest absolute Gasteiger partial charge is 0.407 e. The average Bonchev–Trinajstić information content (AvgIpc) is 3.22. The molecule has 1 amide bonds. The van der Waals surface area contributed by atoms with Crippen LogP contribution in [0.15, 0.2) is 0 Å². The van der Waals surface area contributed by atoms with Crippen molar-refractivity contribution in [2.75, 3.05) is 19.8 Å². The number of amides is 1. The number of unbranched alkanes of at least 4 members (excludes halogenated alkanes) is 1. The number of ether oxygens (including phenoxy) is 3. The Balaban J connectivity index is 2.49. The minimum absolute atomic E-state index is 0.00738. The molecule has 0 aromatic carbocycles. The van der Waals surface area contributed by atoms with Gasteiger partial charge in [-0.1, -0.05) is 27.2 Å². The standard InChI is InChI=1S/C18H35NO4/c1-7-8-9-21-11-14(13(2)3)10-15(16-12-22-16)19-17(20)23-18(4,5)6/h13-16H,7-12H2,1-6H3,(H,19,20)/t14-,15+,16?/m1/s1. The lowest BCUT2D eigenvalue weighted by molar-refractivity contribution is 0.0442. The van der Waals surface area contributed by atoms with Gasteiger partial charge in [-0.05, 0) is 45.4 Å². The normalized spacial score (nSPS) is 20.2. The SMILES string of the molecule is CCCCOC[C@@H](C[C@H](NC(=O)OC(C)(C)C)C1CO1)C(C)C. The first-order chi connectivity index (χ1) is 10.7. The molecule has 1 unspecified atom stereocenters. The van der Waals surface area contributed by atoms with Crippen LogP contribution in [0.3, 0.4) is 0 Å². The second-order valence-electron chi connectivity index (χ2n) is 7.79. The van der Waals surface area contributed by atoms with Crippen molar-refractivity contribution in [2.24, 2.45) is 11.8 Å². The molecule has 23 heavy (non-hydrogen) atoms. The Kier molecular flexibility index (Phi) is 8.34. The summed E-state index contributed by atoms with van der Waals surface area (Å²) in [4.78, 5) is 12.0. The highest BCUT2D eigenvalue weighted by molar-refractivity contribution is 5.68. The molecule has 0 saturated carbocycles. The molecule has 1 saturated heterocycles. The Morgan fingerprint density at radius 3 is 2.48 bits per heavy atom. The summed E-state index contributed by atoms with van der Waals surface area (Å²) in [7, 11) is 0. The third-order valence-electron chi connectivity index (χ3n) is 3.98. The van der Waals surface area contributed by atoms with E-state index < -0.39 is 5.60 Å². The molecule has 1 aliphatic heterocycles. The molecule has 0 bridgehead atoms. The molecule has 1 aliphatic rings. The number of hydrogen-bond acceptors (Lipinski definition) is 4. The number of carbonyl (C=O) groups is 1. The van der Waals surface area contributed by atoms with Crippen LogP contribution in [-0.2, 0) is 14.2 Å². The van der Waals surface area contributed by atoms with E-state index in [2.05, 4.69) is 26.1 Å². The number of alkyl carbamates (subject to hydrolysis) is 1. The molecule has 5 nitrogen and oxygen atoms in total. The fourth-order valence-corrected chi connectivity index (χ4v) is 2.39. The first kappa shape index (κ1) is 20.2. The maximum Gasteiger partial charge on any atom is 0.407 e. The third kappa shape index (κ3) is 9.16. The van der Waals surface area contributed by atoms with Crippen molar-refractivity contribution in [1.82, 2.24) is 5.32 Å². The lowest BCUT2D eigenvalue weighted by atomic mass is 9.89. The first-order valence-electron chi connectivity index (χ1n) is 8.91. The topological polar surface area (TPSA) is 60.1 Å². The maximum absolute atomic E-state index is 12.0. The van der Waals surface area contributed by atoms with Crippen molar-refractivity contribution < 1.29 is 19.0 Å². The Bertz CT molecular complexity index is 347. The molecule has 1 heterocycles. The molecular weight excluding hydrogens is 294 g/mol. The van der Waals surface area contributed by atoms with Crippen molar-refractivity contribution >= 4 is 6.09 Å². The van der Waals surface area contributed by atoms with Crippen molar-refractivity contribution in [1.29, 1.82) is 0 Å². The zero-order valence-electron chi connectivity index (χ0n) is 15.7. The lowest BCUT2D eigenvalue weighted by Gasteiger charge is -2.27. The summed E-state index contributed by atoms with van der Waals surface area (Å²) in [6.07, 6.45) is 2.83. The Labute approximate surface area is 141 Å². The van der Waals surface area contributed by atoms with Gasteiger partial charge in [-0.2, -0.15) is 0 Å². The quantitative estimate of drug-likeness (QED) is 0.490. The molecule has 0 aromatic rings. The summed E-state index contributed by atoms with van der Waals surface area (Å²) in [5.74, 6) is 0.898. The number of epoxide rings is 1. The molecule has 3 atom stereocenters. The van der Waals surface area contributed by atoms with E-state index in [0.717, 1.165) is 32.5 Å². The number of hydrogen-bond donors (Lipinski definition) is 1. The highest BCUT2D eigenvalue weighted by atomic mass is 16.6. The fraction of sp³-hybridized carbons (Fsp3) is 0.944. The van der Waals surface area contributed by atoms with E-state index in [9.17, 15) is 4.79 Å². The molecule has 0 spiro atoms. The third-order valence-corrected chi connectivity index (χ3v) is 3.98. The maximum atomic E-state index is 12.0. The van der Waals surface area contributed by atoms with E-state index in [-0.39, 0.29) is 18.2 Å². The molecule has 0 aliphatic carbocycles. The molecule has 1 N–H and O–H groups in total. The van der Waals surface area contributed by atoms with Crippen LogP contribution < -0.4 is 5.32 Å². The van der Waals surface area contributed by atoms with Gasteiger partial charge in [0.1, 0.15) is 11.7 Å². The monoisotopic (exact) mass is 329 g/mol. The van der Waals surface area contributed by atoms with E-state index in [1.54, 1.807) is 0 Å². The van der Waals surface area contributed by atoms with Crippen LogP contribution in [0.1, 0.15) is 60.8 Å². The molecule has 5 heteroatoms. The van der Waals surface area contributed by atoms with Gasteiger partial charge in [0, 0.05) is 13.2 Å². The van der Waals surface area contributed by atoms with Gasteiger partial charge >= 0.3 is 6.09 Å². The van der Waals surface area contributed by atoms with Gasteiger partial charge in [0.15, 0.2) is 0 Å². The highest BCUT2D eigenvalue weighted by Gasteiger charge is 2.36. The molecule has 1 fully saturated rings. The summed E-state index contributed by atoms with van der Waals surface area (Å²) in [6, 6.07) is -0.00738. The summed E-state index contributed by atoms with van der Waals surface area (Å²) in [6.45, 7) is 14.4. The molecule has 0 aromatic heterocycles. The second-order valence-corrected chi connectivity index (χ2v) is 7.79. The Morgan fingerprint density at radius 1 is 1.35 bits per heavy atom. The summed E-state index contributed by atoms with van der Waals surface area (Å²) in [5.41, 5.74) is -0.486. The van der Waals surface area contributed by atoms with Gasteiger partial charge in [-0.15, -0.1) is 0 Å². The van der Waals surface area contributed by atoms with Crippen LogP contribution in [0.5, 0.6) is 0 Å². The summed E-state index contributed by atoms with van der Waals surface area (Å²) >= 11 is 0. The molecule has 136 valence electrons. The van der Waals surface area contributed by atoms with Crippen molar-refractivity contribution in [3.8, 4) is 0 Å². The minimum atomic E-state index is -0.486. The Hall–Kier alpha value is -0.810. The molecular formula is C18H35NO4. The first-order valence-corrected chi connectivity index (χ1v) is 8.91. The fourth-order valence-electron chi connectivity index (χ4n) is 2.39. The molecule has 1 rings (SSSR count). The van der Waals surface area contributed by atoms with Gasteiger partial charge in [0.05, 0.1) is 12.6 Å². The van der Waals surface area contributed by atoms with E-state index >= 15 is 0 Å². The van der Waals surface area contributed by atoms with Gasteiger partial charge in [-0.25, -0.2) is 4.79 Å². The number of rotatable bonds is 10. The summed E-state index contributed by atoms with van der Waals surface area (Å²) < 4.78 is 16.6. The van der Waals surface area contributed by atoms with Crippen LogP contribution in [-0.4, -0.2) is 43.7 Å². The van der Waals surface area contributed by atoms with Crippen molar-refractivity contribution in [3.05, 3.63) is 0 Å². The summed E-state index contributed by atoms with van der Waals surface area (Å²) in [5, 5.41) is 2.98. The minimum Gasteiger partial charge on any atom is -0.444 e. The van der Waals surface area contributed by atoms with E-state index in [1.165, 1.54) is 0 Å². The van der Waals surface area contributed by atoms with E-state index in [0.29, 0.717) is 18.4 Å². The van der Waals surface area contributed by atoms with Crippen LogP contribution in [0.25, 0.3) is 0 Å². The predicted octanol–water partition coefficient (Wildman–Crippen LogP) is 3.76. The van der Waals surface area contributed by atoms with E-state index in [4.69, 9.17) is 14.2 Å². The highest BCUT2D eigenvalue weighted by Crippen LogP contribution is 2.25. The second kappa shape index (κ2) is 9.48. The molecule has 0 radical (unpaired) electrons. The van der Waals surface area contributed by atoms with Crippen LogP contribution in [0.2, 0.25) is 0 Å². The van der Waals surface area contributed by atoms with Crippen LogP contribution >= 0.6 is 0 Å².